The van der Waals surface area contributed by atoms with Crippen molar-refractivity contribution < 1.29 is 4.79 Å². The fraction of sp³-hybridized carbons (Fsp3) is 0.179. The second-order valence-electron chi connectivity index (χ2n) is 8.22. The number of halogens is 1. The molecule has 1 unspecified atom stereocenters. The van der Waals surface area contributed by atoms with E-state index in [9.17, 15) is 4.79 Å². The second kappa shape index (κ2) is 9.99. The van der Waals surface area contributed by atoms with Crippen LogP contribution in [0, 0.1) is 0 Å². The van der Waals surface area contributed by atoms with Gasteiger partial charge in [0, 0.05) is 23.2 Å². The van der Waals surface area contributed by atoms with Crippen molar-refractivity contribution in [3.05, 3.63) is 107 Å². The zero-order chi connectivity index (χ0) is 22.5. The van der Waals surface area contributed by atoms with Gasteiger partial charge < -0.3 is 10.2 Å². The van der Waals surface area contributed by atoms with E-state index < -0.39 is 0 Å². The SMILES string of the molecule is CN(C)C(CCNC(=O)c1cccc(-c2ccc3ccccc3c2)c1)c1ccc(Cl)cc1. The van der Waals surface area contributed by atoms with Gasteiger partial charge in [0.25, 0.3) is 5.91 Å². The number of carbonyl (C=O) groups excluding carboxylic acids is 1. The summed E-state index contributed by atoms with van der Waals surface area (Å²) >= 11 is 6.02. The summed E-state index contributed by atoms with van der Waals surface area (Å²) in [4.78, 5) is 15.0. The third-order valence-corrected chi connectivity index (χ3v) is 6.04. The summed E-state index contributed by atoms with van der Waals surface area (Å²) in [6.45, 7) is 0.588. The molecule has 3 nitrogen and oxygen atoms in total. The minimum atomic E-state index is -0.0544. The first kappa shape index (κ1) is 22.1. The van der Waals surface area contributed by atoms with Gasteiger partial charge in [-0.15, -0.1) is 0 Å². The topological polar surface area (TPSA) is 32.3 Å². The number of hydrogen-bond donors (Lipinski definition) is 1. The molecule has 4 heteroatoms. The van der Waals surface area contributed by atoms with Crippen molar-refractivity contribution in [2.45, 2.75) is 12.5 Å². The second-order valence-corrected chi connectivity index (χ2v) is 8.65. The Bertz CT molecular complexity index is 1220. The molecule has 1 atom stereocenters. The summed E-state index contributed by atoms with van der Waals surface area (Å²) in [5, 5.41) is 6.21. The predicted octanol–water partition coefficient (Wildman–Crippen LogP) is 6.58. The number of nitrogens with zero attached hydrogens (tertiary/aromatic N) is 1. The van der Waals surface area contributed by atoms with E-state index in [4.69, 9.17) is 11.6 Å². The smallest absolute Gasteiger partial charge is 0.251 e. The number of hydrogen-bond acceptors (Lipinski definition) is 2. The van der Waals surface area contributed by atoms with E-state index in [2.05, 4.69) is 40.5 Å². The van der Waals surface area contributed by atoms with Crippen LogP contribution in [-0.4, -0.2) is 31.4 Å². The zero-order valence-corrected chi connectivity index (χ0v) is 19.1. The van der Waals surface area contributed by atoms with Crippen molar-refractivity contribution >= 4 is 28.3 Å². The fourth-order valence-electron chi connectivity index (χ4n) is 4.04. The molecule has 0 fully saturated rings. The quantitative estimate of drug-likeness (QED) is 0.350. The standard InChI is InChI=1S/C28H27ClN2O/c1-31(2)27(21-12-14-26(29)15-13-21)16-17-30-28(32)25-9-5-8-23(19-25)24-11-10-20-6-3-4-7-22(20)18-24/h3-15,18-19,27H,16-17H2,1-2H3,(H,30,32). The van der Waals surface area contributed by atoms with Crippen molar-refractivity contribution in [3.63, 3.8) is 0 Å². The average molecular weight is 443 g/mol. The molecular weight excluding hydrogens is 416 g/mol. The Balaban J connectivity index is 1.43. The van der Waals surface area contributed by atoms with Crippen LogP contribution in [0.25, 0.3) is 21.9 Å². The third kappa shape index (κ3) is 5.18. The molecule has 1 amide bonds. The average Bonchev–Trinajstić information content (AvgIpc) is 2.82. The highest BCUT2D eigenvalue weighted by Gasteiger charge is 2.15. The van der Waals surface area contributed by atoms with Gasteiger partial charge in [-0.3, -0.25) is 4.79 Å². The Morgan fingerprint density at radius 2 is 1.56 bits per heavy atom. The summed E-state index contributed by atoms with van der Waals surface area (Å²) in [7, 11) is 4.10. The van der Waals surface area contributed by atoms with E-state index >= 15 is 0 Å². The highest BCUT2D eigenvalue weighted by Crippen LogP contribution is 2.26. The van der Waals surface area contributed by atoms with Crippen molar-refractivity contribution in [2.24, 2.45) is 0 Å². The molecule has 4 aromatic carbocycles. The van der Waals surface area contributed by atoms with Crippen LogP contribution in [0.5, 0.6) is 0 Å². The monoisotopic (exact) mass is 442 g/mol. The normalized spacial score (nSPS) is 12.1. The molecule has 0 radical (unpaired) electrons. The van der Waals surface area contributed by atoms with Crippen LogP contribution in [0.15, 0.2) is 91.0 Å². The van der Waals surface area contributed by atoms with Gasteiger partial charge in [0.2, 0.25) is 0 Å². The molecule has 4 aromatic rings. The Morgan fingerprint density at radius 1 is 0.844 bits per heavy atom. The minimum Gasteiger partial charge on any atom is -0.352 e. The molecule has 0 saturated heterocycles. The van der Waals surface area contributed by atoms with Crippen LogP contribution < -0.4 is 5.32 Å². The van der Waals surface area contributed by atoms with Gasteiger partial charge >= 0.3 is 0 Å². The lowest BCUT2D eigenvalue weighted by atomic mass is 9.99. The molecule has 0 aliphatic rings. The number of nitrogens with one attached hydrogen (secondary N) is 1. The maximum atomic E-state index is 12.8. The lowest BCUT2D eigenvalue weighted by Gasteiger charge is -2.25. The largest absolute Gasteiger partial charge is 0.352 e. The molecule has 0 aliphatic carbocycles. The van der Waals surface area contributed by atoms with Gasteiger partial charge in [0.1, 0.15) is 0 Å². The lowest BCUT2D eigenvalue weighted by molar-refractivity contribution is 0.0949. The van der Waals surface area contributed by atoms with E-state index in [0.29, 0.717) is 12.1 Å². The van der Waals surface area contributed by atoms with Crippen LogP contribution in [0.3, 0.4) is 0 Å². The highest BCUT2D eigenvalue weighted by molar-refractivity contribution is 6.30. The van der Waals surface area contributed by atoms with Gasteiger partial charge in [-0.05, 0) is 78.3 Å². The first-order valence-electron chi connectivity index (χ1n) is 10.8. The van der Waals surface area contributed by atoms with Crippen LogP contribution in [-0.2, 0) is 0 Å². The molecule has 0 heterocycles. The molecular formula is C28H27ClN2O. The fourth-order valence-corrected chi connectivity index (χ4v) is 4.17. The van der Waals surface area contributed by atoms with Crippen LogP contribution >= 0.6 is 11.6 Å². The molecule has 4 rings (SSSR count). The van der Waals surface area contributed by atoms with Crippen molar-refractivity contribution in [1.29, 1.82) is 0 Å². The number of rotatable bonds is 7. The van der Waals surface area contributed by atoms with E-state index in [0.717, 1.165) is 22.6 Å². The van der Waals surface area contributed by atoms with E-state index in [-0.39, 0.29) is 11.9 Å². The maximum absolute atomic E-state index is 12.8. The third-order valence-electron chi connectivity index (χ3n) is 5.79. The van der Waals surface area contributed by atoms with Crippen molar-refractivity contribution in [3.8, 4) is 11.1 Å². The van der Waals surface area contributed by atoms with Gasteiger partial charge in [-0.25, -0.2) is 0 Å². The van der Waals surface area contributed by atoms with Crippen molar-refractivity contribution in [1.82, 2.24) is 10.2 Å². The Labute approximate surface area is 194 Å². The van der Waals surface area contributed by atoms with E-state index in [1.807, 2.05) is 74.8 Å². The highest BCUT2D eigenvalue weighted by atomic mass is 35.5. The Morgan fingerprint density at radius 3 is 2.31 bits per heavy atom. The summed E-state index contributed by atoms with van der Waals surface area (Å²) in [6, 6.07) is 30.6. The first-order valence-corrected chi connectivity index (χ1v) is 11.2. The van der Waals surface area contributed by atoms with Crippen LogP contribution in [0.1, 0.15) is 28.4 Å². The molecule has 162 valence electrons. The van der Waals surface area contributed by atoms with Crippen LogP contribution in [0.2, 0.25) is 5.02 Å². The molecule has 0 saturated carbocycles. The van der Waals surface area contributed by atoms with Gasteiger partial charge in [-0.1, -0.05) is 72.3 Å². The Hall–Kier alpha value is -3.14. The minimum absolute atomic E-state index is 0.0544. The summed E-state index contributed by atoms with van der Waals surface area (Å²) < 4.78 is 0. The molecule has 0 aliphatic heterocycles. The van der Waals surface area contributed by atoms with Gasteiger partial charge in [0.15, 0.2) is 0 Å². The number of benzene rings is 4. The zero-order valence-electron chi connectivity index (χ0n) is 18.4. The number of carbonyl (C=O) groups is 1. The molecule has 32 heavy (non-hydrogen) atoms. The van der Waals surface area contributed by atoms with Gasteiger partial charge in [-0.2, -0.15) is 0 Å². The van der Waals surface area contributed by atoms with Crippen LogP contribution in [0.4, 0.5) is 0 Å². The number of fused-ring (bicyclic) bond motifs is 1. The van der Waals surface area contributed by atoms with Gasteiger partial charge in [0.05, 0.1) is 0 Å². The first-order chi connectivity index (χ1) is 15.5. The van der Waals surface area contributed by atoms with Crippen molar-refractivity contribution in [2.75, 3.05) is 20.6 Å². The maximum Gasteiger partial charge on any atom is 0.251 e. The number of amides is 1. The lowest BCUT2D eigenvalue weighted by Crippen LogP contribution is -2.29. The van der Waals surface area contributed by atoms with E-state index in [1.165, 1.54) is 16.3 Å². The predicted molar refractivity (Wildman–Crippen MR) is 134 cm³/mol. The summed E-state index contributed by atoms with van der Waals surface area (Å²) in [5.41, 5.74) is 4.00. The summed E-state index contributed by atoms with van der Waals surface area (Å²) in [6.07, 6.45) is 0.810. The Kier molecular flexibility index (Phi) is 6.89. The van der Waals surface area contributed by atoms with E-state index in [1.54, 1.807) is 0 Å². The summed E-state index contributed by atoms with van der Waals surface area (Å²) in [5.74, 6) is -0.0544. The molecule has 0 aromatic heterocycles. The molecule has 1 N–H and O–H groups in total. The molecule has 0 spiro atoms. The molecule has 0 bridgehead atoms.